The zero-order valence-corrected chi connectivity index (χ0v) is 25.2. The Bertz CT molecular complexity index is 1860. The average Bonchev–Trinajstić information content (AvgIpc) is 3.57. The molecule has 1 atom stereocenters. The standard InChI is InChI=1S/C29H29Cl2F2N7O3/c1-14-9-16(25(32)24(31)26(14)42)17-12-38(28-22(17)29(43)40-6-4-5-19(40)36-28)13-21(41)34-18-10-20(35-27(33)23(18)30)39-8-7-37(3)11-15(39)2/h9-10,12,15,42H,4-8,11,13H2,1-3H3,(H,34,35,41)/t15-/m0/s1. The lowest BCUT2D eigenvalue weighted by Gasteiger charge is -2.39. The summed E-state index contributed by atoms with van der Waals surface area (Å²) in [7, 11) is 2.01. The number of fused-ring (bicyclic) bond motifs is 2. The van der Waals surface area contributed by atoms with E-state index in [0.717, 1.165) is 19.5 Å². The van der Waals surface area contributed by atoms with Crippen LogP contribution in [0.4, 0.5) is 20.3 Å². The zero-order chi connectivity index (χ0) is 30.7. The number of pyridine rings is 1. The molecule has 1 fully saturated rings. The van der Waals surface area contributed by atoms with Gasteiger partial charge in [0.05, 0.1) is 11.1 Å². The summed E-state index contributed by atoms with van der Waals surface area (Å²) in [6, 6.07) is 3.00. The van der Waals surface area contributed by atoms with Crippen LogP contribution in [0.5, 0.6) is 5.75 Å². The molecular formula is C29H29Cl2F2N7O3. The summed E-state index contributed by atoms with van der Waals surface area (Å²) in [5, 5.41) is 12.1. The van der Waals surface area contributed by atoms with Crippen LogP contribution in [0.15, 0.2) is 23.1 Å². The smallest absolute Gasteiger partial charge is 0.263 e. The Kier molecular flexibility index (Phi) is 7.55. The van der Waals surface area contributed by atoms with Gasteiger partial charge in [-0.15, -0.1) is 0 Å². The van der Waals surface area contributed by atoms with E-state index in [4.69, 9.17) is 23.2 Å². The average molecular weight is 632 g/mol. The van der Waals surface area contributed by atoms with Crippen LogP contribution in [0.25, 0.3) is 22.2 Å². The van der Waals surface area contributed by atoms with E-state index in [1.54, 1.807) is 17.6 Å². The molecule has 2 N–H and O–H groups in total. The van der Waals surface area contributed by atoms with E-state index in [9.17, 15) is 19.1 Å². The fourth-order valence-electron chi connectivity index (χ4n) is 5.94. The van der Waals surface area contributed by atoms with Crippen molar-refractivity contribution >= 4 is 51.6 Å². The van der Waals surface area contributed by atoms with Crippen LogP contribution in [0.1, 0.15) is 24.7 Å². The van der Waals surface area contributed by atoms with Gasteiger partial charge in [0, 0.05) is 62.0 Å². The maximum atomic E-state index is 15.4. The number of hydrogen-bond acceptors (Lipinski definition) is 7. The van der Waals surface area contributed by atoms with E-state index in [0.29, 0.717) is 36.7 Å². The number of likely N-dealkylation sites (N-methyl/N-ethyl adjacent to an activating group) is 1. The van der Waals surface area contributed by atoms with Crippen molar-refractivity contribution in [1.29, 1.82) is 0 Å². The van der Waals surface area contributed by atoms with Gasteiger partial charge in [-0.25, -0.2) is 14.4 Å². The number of rotatable bonds is 5. The number of aryl methyl sites for hydroxylation is 2. The number of phenols is 1. The lowest BCUT2D eigenvalue weighted by Crippen LogP contribution is -2.50. The number of carbonyl (C=O) groups excluding carboxylic acids is 1. The number of phenolic OH excluding ortho intramolecular Hbond substituents is 1. The summed E-state index contributed by atoms with van der Waals surface area (Å²) in [4.78, 5) is 39.8. The Morgan fingerprint density at radius 3 is 2.65 bits per heavy atom. The van der Waals surface area contributed by atoms with Gasteiger partial charge in [0.2, 0.25) is 11.9 Å². The number of anilines is 2. The Morgan fingerprint density at radius 1 is 1.14 bits per heavy atom. The van der Waals surface area contributed by atoms with E-state index in [2.05, 4.69) is 20.2 Å². The second-order valence-corrected chi connectivity index (χ2v) is 11.9. The molecule has 226 valence electrons. The van der Waals surface area contributed by atoms with Crippen LogP contribution in [-0.4, -0.2) is 67.7 Å². The van der Waals surface area contributed by atoms with Crippen molar-refractivity contribution in [3.8, 4) is 16.9 Å². The highest BCUT2D eigenvalue weighted by atomic mass is 35.5. The summed E-state index contributed by atoms with van der Waals surface area (Å²) >= 11 is 12.3. The fraction of sp³-hybridized carbons (Fsp3) is 0.379. The van der Waals surface area contributed by atoms with Crippen molar-refractivity contribution in [2.75, 3.05) is 36.9 Å². The Morgan fingerprint density at radius 2 is 1.91 bits per heavy atom. The molecule has 0 aliphatic carbocycles. The molecular weight excluding hydrogens is 603 g/mol. The molecule has 43 heavy (non-hydrogen) atoms. The van der Waals surface area contributed by atoms with Crippen LogP contribution in [0, 0.1) is 18.7 Å². The lowest BCUT2D eigenvalue weighted by atomic mass is 10.0. The van der Waals surface area contributed by atoms with E-state index >= 15 is 4.39 Å². The van der Waals surface area contributed by atoms with Gasteiger partial charge in [-0.2, -0.15) is 4.39 Å². The number of carbonyl (C=O) groups is 1. The number of piperazine rings is 1. The number of hydrogen-bond donors (Lipinski definition) is 2. The van der Waals surface area contributed by atoms with Crippen molar-refractivity contribution in [3.63, 3.8) is 0 Å². The maximum Gasteiger partial charge on any atom is 0.263 e. The van der Waals surface area contributed by atoms with Crippen molar-refractivity contribution in [2.45, 2.75) is 45.8 Å². The molecule has 14 heteroatoms. The first kappa shape index (κ1) is 29.3. The first-order valence-corrected chi connectivity index (χ1v) is 14.6. The minimum Gasteiger partial charge on any atom is -0.506 e. The zero-order valence-electron chi connectivity index (χ0n) is 23.7. The molecule has 1 saturated heterocycles. The van der Waals surface area contributed by atoms with Crippen molar-refractivity contribution < 1.29 is 18.7 Å². The Hall–Kier alpha value is -3.74. The Labute approximate surface area is 255 Å². The molecule has 1 aromatic carbocycles. The number of aromatic hydroxyl groups is 1. The van der Waals surface area contributed by atoms with Gasteiger partial charge >= 0.3 is 0 Å². The van der Waals surface area contributed by atoms with Gasteiger partial charge in [-0.3, -0.25) is 14.2 Å². The quantitative estimate of drug-likeness (QED) is 0.310. The van der Waals surface area contributed by atoms with E-state index < -0.39 is 28.4 Å². The summed E-state index contributed by atoms with van der Waals surface area (Å²) in [6.07, 6.45) is 2.77. The van der Waals surface area contributed by atoms with Gasteiger partial charge in [0.1, 0.15) is 39.6 Å². The van der Waals surface area contributed by atoms with Gasteiger partial charge in [0.25, 0.3) is 5.56 Å². The topological polar surface area (TPSA) is 109 Å². The van der Waals surface area contributed by atoms with Crippen LogP contribution in [0.2, 0.25) is 10.0 Å². The molecule has 6 rings (SSSR count). The van der Waals surface area contributed by atoms with Crippen LogP contribution >= 0.6 is 23.2 Å². The molecule has 4 aromatic rings. The highest BCUT2D eigenvalue weighted by molar-refractivity contribution is 6.34. The molecule has 0 radical (unpaired) electrons. The van der Waals surface area contributed by atoms with Gasteiger partial charge in [-0.05, 0) is 38.9 Å². The van der Waals surface area contributed by atoms with Crippen molar-refractivity contribution in [1.82, 2.24) is 24.0 Å². The monoisotopic (exact) mass is 631 g/mol. The normalized spacial score (nSPS) is 17.1. The third-order valence-electron chi connectivity index (χ3n) is 8.12. The van der Waals surface area contributed by atoms with Gasteiger partial charge in [-0.1, -0.05) is 23.2 Å². The molecule has 2 aliphatic rings. The molecule has 0 spiro atoms. The molecule has 0 unspecified atom stereocenters. The Balaban J connectivity index is 1.39. The molecule has 1 amide bonds. The summed E-state index contributed by atoms with van der Waals surface area (Å²) in [5.41, 5.74) is 0.380. The van der Waals surface area contributed by atoms with Crippen LogP contribution < -0.4 is 15.8 Å². The first-order valence-electron chi connectivity index (χ1n) is 13.9. The highest BCUT2D eigenvalue weighted by Gasteiger charge is 2.27. The molecule has 0 bridgehead atoms. The number of benzene rings is 1. The third kappa shape index (κ3) is 5.11. The molecule has 0 saturated carbocycles. The van der Waals surface area contributed by atoms with Gasteiger partial charge in [0.15, 0.2) is 5.82 Å². The summed E-state index contributed by atoms with van der Waals surface area (Å²) < 4.78 is 33.2. The number of amides is 1. The van der Waals surface area contributed by atoms with Crippen molar-refractivity contribution in [2.24, 2.45) is 0 Å². The number of nitrogens with zero attached hydrogens (tertiary/aromatic N) is 6. The predicted molar refractivity (Wildman–Crippen MR) is 161 cm³/mol. The van der Waals surface area contributed by atoms with E-state index in [1.807, 2.05) is 18.9 Å². The molecule has 3 aromatic heterocycles. The number of aromatic nitrogens is 4. The second-order valence-electron chi connectivity index (χ2n) is 11.2. The van der Waals surface area contributed by atoms with Crippen molar-refractivity contribution in [3.05, 3.63) is 61.9 Å². The SMILES string of the molecule is Cc1cc(-c2cn(CC(=O)Nc3cc(N4CCN(C)C[C@@H]4C)nc(F)c3Cl)c3nc4n(c(=O)c23)CCC4)c(F)c(Cl)c1O. The second kappa shape index (κ2) is 11.1. The van der Waals surface area contributed by atoms with Gasteiger partial charge < -0.3 is 24.8 Å². The lowest BCUT2D eigenvalue weighted by molar-refractivity contribution is -0.116. The largest absolute Gasteiger partial charge is 0.506 e. The molecule has 2 aliphatic heterocycles. The number of nitrogens with one attached hydrogen (secondary N) is 1. The fourth-order valence-corrected chi connectivity index (χ4v) is 6.34. The molecule has 5 heterocycles. The number of halogens is 4. The minimum absolute atomic E-state index is 0.00732. The van der Waals surface area contributed by atoms with Crippen LogP contribution in [-0.2, 0) is 24.3 Å². The van der Waals surface area contributed by atoms with Crippen LogP contribution in [0.3, 0.4) is 0 Å². The highest BCUT2D eigenvalue weighted by Crippen LogP contribution is 2.39. The summed E-state index contributed by atoms with van der Waals surface area (Å²) in [6.45, 7) is 5.87. The predicted octanol–water partition coefficient (Wildman–Crippen LogP) is 4.58. The summed E-state index contributed by atoms with van der Waals surface area (Å²) in [5.74, 6) is -1.86. The first-order chi connectivity index (χ1) is 20.4. The minimum atomic E-state index is -0.908. The van der Waals surface area contributed by atoms with E-state index in [1.165, 1.54) is 16.8 Å². The third-order valence-corrected chi connectivity index (χ3v) is 8.82. The molecule has 10 nitrogen and oxygen atoms in total. The maximum absolute atomic E-state index is 15.4. The van der Waals surface area contributed by atoms with E-state index in [-0.39, 0.29) is 51.0 Å².